The highest BCUT2D eigenvalue weighted by Gasteiger charge is 2.50. The van der Waals surface area contributed by atoms with E-state index >= 15 is 0 Å². The Hall–Kier alpha value is -0.300. The number of hydrogen-bond acceptors (Lipinski definition) is 1. The van der Waals surface area contributed by atoms with Gasteiger partial charge in [0.25, 0.3) is 0 Å². The van der Waals surface area contributed by atoms with E-state index in [0.717, 1.165) is 11.8 Å². The molecular formula is C13H20O. The van der Waals surface area contributed by atoms with Crippen molar-refractivity contribution in [3.63, 3.8) is 0 Å². The SMILES string of the molecule is CC(C)=C1C2CC3CC(C2)C(O)C1C3. The van der Waals surface area contributed by atoms with E-state index in [2.05, 4.69) is 13.8 Å². The van der Waals surface area contributed by atoms with Gasteiger partial charge in [-0.1, -0.05) is 11.1 Å². The van der Waals surface area contributed by atoms with Crippen molar-refractivity contribution >= 4 is 0 Å². The largest absolute Gasteiger partial charge is 0.392 e. The van der Waals surface area contributed by atoms with Gasteiger partial charge in [-0.05, 0) is 57.3 Å². The summed E-state index contributed by atoms with van der Waals surface area (Å²) in [5.74, 6) is 2.96. The molecule has 0 heterocycles. The van der Waals surface area contributed by atoms with E-state index in [0.29, 0.717) is 11.8 Å². The van der Waals surface area contributed by atoms with Gasteiger partial charge in [0.15, 0.2) is 0 Å². The van der Waals surface area contributed by atoms with Crippen LogP contribution in [0.1, 0.15) is 39.5 Å². The van der Waals surface area contributed by atoms with E-state index in [1.807, 2.05) is 0 Å². The lowest BCUT2D eigenvalue weighted by Gasteiger charge is -2.54. The topological polar surface area (TPSA) is 20.2 Å². The van der Waals surface area contributed by atoms with Crippen LogP contribution < -0.4 is 0 Å². The van der Waals surface area contributed by atoms with Crippen LogP contribution in [0.4, 0.5) is 0 Å². The zero-order valence-corrected chi connectivity index (χ0v) is 9.16. The van der Waals surface area contributed by atoms with E-state index in [4.69, 9.17) is 0 Å². The second-order valence-electron chi connectivity index (χ2n) is 5.82. The predicted octanol–water partition coefficient (Wildman–Crippen LogP) is 2.75. The molecule has 0 aromatic heterocycles. The normalized spacial score (nSPS) is 49.9. The fourth-order valence-electron chi connectivity index (χ4n) is 4.43. The van der Waals surface area contributed by atoms with E-state index in [-0.39, 0.29) is 6.10 Å². The highest BCUT2D eigenvalue weighted by atomic mass is 16.3. The molecule has 4 rings (SSSR count). The van der Waals surface area contributed by atoms with Gasteiger partial charge >= 0.3 is 0 Å². The molecule has 4 aliphatic carbocycles. The first kappa shape index (κ1) is 8.96. The first-order chi connectivity index (χ1) is 6.66. The van der Waals surface area contributed by atoms with Crippen molar-refractivity contribution in [3.05, 3.63) is 11.1 Å². The van der Waals surface area contributed by atoms with Gasteiger partial charge in [-0.25, -0.2) is 0 Å². The molecule has 1 nitrogen and oxygen atoms in total. The summed E-state index contributed by atoms with van der Waals surface area (Å²) in [7, 11) is 0. The Morgan fingerprint density at radius 1 is 1.14 bits per heavy atom. The summed E-state index contributed by atoms with van der Waals surface area (Å²) in [6.45, 7) is 4.45. The molecule has 1 N–H and O–H groups in total. The first-order valence-corrected chi connectivity index (χ1v) is 6.02. The standard InChI is InChI=1S/C13H20O/c1-7(2)12-9-3-8-4-10(6-9)13(14)11(12)5-8/h8-11,13-14H,3-6H2,1-2H3. The van der Waals surface area contributed by atoms with Crippen LogP contribution >= 0.6 is 0 Å². The molecule has 78 valence electrons. The van der Waals surface area contributed by atoms with Gasteiger partial charge in [0, 0.05) is 5.92 Å². The molecular weight excluding hydrogens is 172 g/mol. The van der Waals surface area contributed by atoms with E-state index in [1.54, 1.807) is 5.57 Å². The maximum absolute atomic E-state index is 10.2. The van der Waals surface area contributed by atoms with Gasteiger partial charge in [0.2, 0.25) is 0 Å². The zero-order valence-electron chi connectivity index (χ0n) is 9.16. The molecule has 4 saturated carbocycles. The fraction of sp³-hybridized carbons (Fsp3) is 0.846. The van der Waals surface area contributed by atoms with E-state index < -0.39 is 0 Å². The lowest BCUT2D eigenvalue weighted by Crippen LogP contribution is -2.49. The maximum Gasteiger partial charge on any atom is 0.0634 e. The molecule has 5 unspecified atom stereocenters. The average Bonchev–Trinajstić information content (AvgIpc) is 2.12. The second kappa shape index (κ2) is 2.85. The van der Waals surface area contributed by atoms with Gasteiger partial charge in [0.1, 0.15) is 0 Å². The molecule has 4 fully saturated rings. The smallest absolute Gasteiger partial charge is 0.0634 e. The van der Waals surface area contributed by atoms with Crippen molar-refractivity contribution < 1.29 is 5.11 Å². The Balaban J connectivity index is 2.01. The van der Waals surface area contributed by atoms with Crippen LogP contribution in [-0.2, 0) is 0 Å². The summed E-state index contributed by atoms with van der Waals surface area (Å²) in [5, 5.41) is 10.2. The first-order valence-electron chi connectivity index (χ1n) is 6.02. The van der Waals surface area contributed by atoms with Crippen LogP contribution in [0.2, 0.25) is 0 Å². The molecule has 4 bridgehead atoms. The minimum atomic E-state index is -0.00676. The summed E-state index contributed by atoms with van der Waals surface area (Å²) in [5.41, 5.74) is 3.11. The monoisotopic (exact) mass is 192 g/mol. The van der Waals surface area contributed by atoms with Gasteiger partial charge in [0.05, 0.1) is 6.10 Å². The van der Waals surface area contributed by atoms with Gasteiger partial charge in [-0.15, -0.1) is 0 Å². The number of allylic oxidation sites excluding steroid dienone is 1. The third-order valence-electron chi connectivity index (χ3n) is 4.74. The van der Waals surface area contributed by atoms with E-state index in [9.17, 15) is 5.11 Å². The number of aliphatic hydroxyl groups is 1. The van der Waals surface area contributed by atoms with Crippen molar-refractivity contribution in [2.24, 2.45) is 23.7 Å². The Kier molecular flexibility index (Phi) is 1.82. The fourth-order valence-corrected chi connectivity index (χ4v) is 4.43. The Labute approximate surface area is 86.2 Å². The quantitative estimate of drug-likeness (QED) is 0.585. The number of rotatable bonds is 0. The van der Waals surface area contributed by atoms with Crippen molar-refractivity contribution in [1.29, 1.82) is 0 Å². The highest BCUT2D eigenvalue weighted by Crippen LogP contribution is 2.56. The summed E-state index contributed by atoms with van der Waals surface area (Å²) in [6, 6.07) is 0. The van der Waals surface area contributed by atoms with Crippen LogP contribution in [0.25, 0.3) is 0 Å². The minimum Gasteiger partial charge on any atom is -0.392 e. The molecule has 0 aromatic carbocycles. The summed E-state index contributed by atoms with van der Waals surface area (Å²) in [6.07, 6.45) is 5.26. The molecule has 14 heavy (non-hydrogen) atoms. The van der Waals surface area contributed by atoms with Gasteiger partial charge < -0.3 is 5.11 Å². The minimum absolute atomic E-state index is 0.00676. The molecule has 5 atom stereocenters. The lowest BCUT2D eigenvalue weighted by molar-refractivity contribution is -0.0587. The molecule has 0 aliphatic heterocycles. The van der Waals surface area contributed by atoms with Crippen molar-refractivity contribution in [3.8, 4) is 0 Å². The molecule has 0 amide bonds. The van der Waals surface area contributed by atoms with Crippen molar-refractivity contribution in [1.82, 2.24) is 0 Å². The van der Waals surface area contributed by atoms with Crippen LogP contribution in [0, 0.1) is 23.7 Å². The second-order valence-corrected chi connectivity index (χ2v) is 5.82. The third kappa shape index (κ3) is 1.05. The number of aliphatic hydroxyl groups excluding tert-OH is 1. The zero-order chi connectivity index (χ0) is 9.87. The van der Waals surface area contributed by atoms with Crippen LogP contribution in [0.15, 0.2) is 11.1 Å². The van der Waals surface area contributed by atoms with Gasteiger partial charge in [-0.3, -0.25) is 0 Å². The van der Waals surface area contributed by atoms with Crippen molar-refractivity contribution in [2.45, 2.75) is 45.6 Å². The molecule has 1 heteroatoms. The molecule has 0 spiro atoms. The van der Waals surface area contributed by atoms with Crippen LogP contribution in [0.5, 0.6) is 0 Å². The molecule has 4 aliphatic rings. The Morgan fingerprint density at radius 2 is 1.93 bits per heavy atom. The highest BCUT2D eigenvalue weighted by molar-refractivity contribution is 5.26. The van der Waals surface area contributed by atoms with Crippen LogP contribution in [0.3, 0.4) is 0 Å². The Morgan fingerprint density at radius 3 is 2.64 bits per heavy atom. The molecule has 0 radical (unpaired) electrons. The summed E-state index contributed by atoms with van der Waals surface area (Å²) < 4.78 is 0. The van der Waals surface area contributed by atoms with Crippen LogP contribution in [-0.4, -0.2) is 11.2 Å². The predicted molar refractivity (Wildman–Crippen MR) is 56.8 cm³/mol. The summed E-state index contributed by atoms with van der Waals surface area (Å²) >= 11 is 0. The number of hydrogen-bond donors (Lipinski definition) is 1. The molecule has 0 aromatic rings. The molecule has 0 saturated heterocycles. The van der Waals surface area contributed by atoms with Gasteiger partial charge in [-0.2, -0.15) is 0 Å². The average molecular weight is 192 g/mol. The lowest BCUT2D eigenvalue weighted by atomic mass is 9.52. The maximum atomic E-state index is 10.2. The van der Waals surface area contributed by atoms with E-state index in [1.165, 1.54) is 31.3 Å². The Bertz CT molecular complexity index is 288. The summed E-state index contributed by atoms with van der Waals surface area (Å²) in [4.78, 5) is 0. The van der Waals surface area contributed by atoms with Crippen molar-refractivity contribution in [2.75, 3.05) is 0 Å². The third-order valence-corrected chi connectivity index (χ3v) is 4.74.